The summed E-state index contributed by atoms with van der Waals surface area (Å²) in [7, 11) is 0. The fraction of sp³-hybridized carbons (Fsp3) is 0.385. The third-order valence-corrected chi connectivity index (χ3v) is 2.47. The quantitative estimate of drug-likeness (QED) is 0.748. The van der Waals surface area contributed by atoms with Crippen LogP contribution < -0.4 is 0 Å². The average molecular weight is 220 g/mol. The first kappa shape index (κ1) is 12.4. The largest absolute Gasteiger partial charge is 0.481 e. The first-order valence-corrected chi connectivity index (χ1v) is 5.43. The van der Waals surface area contributed by atoms with E-state index in [1.165, 1.54) is 5.56 Å². The molecule has 0 unspecified atom stereocenters. The van der Waals surface area contributed by atoms with Crippen molar-refractivity contribution in [2.24, 2.45) is 0 Å². The Bertz CT molecular complexity index is 365. The van der Waals surface area contributed by atoms with Crippen LogP contribution in [0.2, 0.25) is 0 Å². The monoisotopic (exact) mass is 220 g/mol. The lowest BCUT2D eigenvalue weighted by atomic mass is 10.0. The van der Waals surface area contributed by atoms with Gasteiger partial charge in [-0.3, -0.25) is 9.59 Å². The number of carbonyl (C=O) groups excluding carboxylic acids is 1. The Kier molecular flexibility index (Phi) is 4.70. The Hall–Kier alpha value is -1.64. The predicted octanol–water partition coefficient (Wildman–Crippen LogP) is 2.23. The average Bonchev–Trinajstić information content (AvgIpc) is 2.26. The van der Waals surface area contributed by atoms with Gasteiger partial charge in [-0.2, -0.15) is 0 Å². The molecule has 0 aliphatic heterocycles. The maximum atomic E-state index is 11.2. The van der Waals surface area contributed by atoms with Crippen LogP contribution in [0.25, 0.3) is 0 Å². The third kappa shape index (κ3) is 4.26. The molecule has 0 aliphatic rings. The van der Waals surface area contributed by atoms with Crippen LogP contribution >= 0.6 is 0 Å². The van der Waals surface area contributed by atoms with Gasteiger partial charge < -0.3 is 5.11 Å². The highest BCUT2D eigenvalue weighted by Crippen LogP contribution is 2.08. The number of carboxylic acids is 1. The SMILES string of the molecule is CCc1ccc(CCC(=O)CC(=O)O)cc1. The van der Waals surface area contributed by atoms with E-state index in [1.54, 1.807) is 0 Å². The van der Waals surface area contributed by atoms with Crippen molar-refractivity contribution in [3.8, 4) is 0 Å². The van der Waals surface area contributed by atoms with E-state index in [4.69, 9.17) is 5.11 Å². The van der Waals surface area contributed by atoms with Gasteiger partial charge in [0.2, 0.25) is 0 Å². The van der Waals surface area contributed by atoms with Gasteiger partial charge in [-0.15, -0.1) is 0 Å². The van der Waals surface area contributed by atoms with Crippen LogP contribution in [0, 0.1) is 0 Å². The van der Waals surface area contributed by atoms with E-state index in [1.807, 2.05) is 24.3 Å². The number of hydrogen-bond acceptors (Lipinski definition) is 2. The molecule has 0 saturated heterocycles. The number of aliphatic carboxylic acids is 1. The molecule has 1 aromatic carbocycles. The summed E-state index contributed by atoms with van der Waals surface area (Å²) in [6, 6.07) is 8.06. The van der Waals surface area contributed by atoms with Crippen LogP contribution in [-0.4, -0.2) is 16.9 Å². The van der Waals surface area contributed by atoms with Crippen molar-refractivity contribution in [2.75, 3.05) is 0 Å². The molecule has 0 aromatic heterocycles. The first-order valence-electron chi connectivity index (χ1n) is 5.43. The number of rotatable bonds is 6. The third-order valence-electron chi connectivity index (χ3n) is 2.47. The summed E-state index contributed by atoms with van der Waals surface area (Å²) in [5.74, 6) is -1.27. The zero-order valence-electron chi connectivity index (χ0n) is 9.40. The Morgan fingerprint density at radius 1 is 1.12 bits per heavy atom. The highest BCUT2D eigenvalue weighted by atomic mass is 16.4. The normalized spacial score (nSPS) is 10.1. The Morgan fingerprint density at radius 2 is 1.69 bits per heavy atom. The van der Waals surface area contributed by atoms with Crippen molar-refractivity contribution < 1.29 is 14.7 Å². The molecule has 1 aromatic rings. The Balaban J connectivity index is 2.42. The number of benzene rings is 1. The molecule has 0 bridgehead atoms. The molecule has 0 fully saturated rings. The molecular formula is C13H16O3. The molecule has 1 rings (SSSR count). The molecule has 0 amide bonds. The van der Waals surface area contributed by atoms with Gasteiger partial charge in [0.05, 0.1) is 0 Å². The molecular weight excluding hydrogens is 204 g/mol. The van der Waals surface area contributed by atoms with Crippen LogP contribution in [0.1, 0.15) is 30.9 Å². The number of aryl methyl sites for hydroxylation is 2. The van der Waals surface area contributed by atoms with Crippen molar-refractivity contribution >= 4 is 11.8 Å². The van der Waals surface area contributed by atoms with Crippen molar-refractivity contribution in [2.45, 2.75) is 32.6 Å². The first-order chi connectivity index (χ1) is 7.61. The van der Waals surface area contributed by atoms with Crippen molar-refractivity contribution in [1.29, 1.82) is 0 Å². The summed E-state index contributed by atoms with van der Waals surface area (Å²) in [6.07, 6.45) is 1.55. The van der Waals surface area contributed by atoms with Crippen LogP contribution in [-0.2, 0) is 22.4 Å². The van der Waals surface area contributed by atoms with Gasteiger partial charge in [-0.1, -0.05) is 31.2 Å². The topological polar surface area (TPSA) is 54.4 Å². The van der Waals surface area contributed by atoms with Crippen LogP contribution in [0.3, 0.4) is 0 Å². The maximum Gasteiger partial charge on any atom is 0.310 e. The second-order valence-corrected chi connectivity index (χ2v) is 3.78. The summed E-state index contributed by atoms with van der Waals surface area (Å²) in [5.41, 5.74) is 2.34. The number of hydrogen-bond donors (Lipinski definition) is 1. The van der Waals surface area contributed by atoms with Crippen molar-refractivity contribution in [3.05, 3.63) is 35.4 Å². The van der Waals surface area contributed by atoms with Crippen molar-refractivity contribution in [3.63, 3.8) is 0 Å². The van der Waals surface area contributed by atoms with E-state index in [9.17, 15) is 9.59 Å². The number of carboxylic acid groups (broad SMARTS) is 1. The molecule has 16 heavy (non-hydrogen) atoms. The maximum absolute atomic E-state index is 11.2. The second-order valence-electron chi connectivity index (χ2n) is 3.78. The lowest BCUT2D eigenvalue weighted by Gasteiger charge is -2.01. The summed E-state index contributed by atoms with van der Waals surface area (Å²) < 4.78 is 0. The highest BCUT2D eigenvalue weighted by Gasteiger charge is 2.07. The minimum absolute atomic E-state index is 0.216. The van der Waals surface area contributed by atoms with Crippen LogP contribution in [0.5, 0.6) is 0 Å². The summed E-state index contributed by atoms with van der Waals surface area (Å²) in [5, 5.41) is 8.43. The van der Waals surface area contributed by atoms with E-state index < -0.39 is 5.97 Å². The molecule has 86 valence electrons. The summed E-state index contributed by atoms with van der Waals surface area (Å²) >= 11 is 0. The zero-order valence-corrected chi connectivity index (χ0v) is 9.40. The molecule has 0 spiro atoms. The molecule has 1 N–H and O–H groups in total. The van der Waals surface area contributed by atoms with Gasteiger partial charge in [-0.05, 0) is 24.0 Å². The second kappa shape index (κ2) is 6.05. The van der Waals surface area contributed by atoms with Crippen molar-refractivity contribution in [1.82, 2.24) is 0 Å². The fourth-order valence-corrected chi connectivity index (χ4v) is 1.48. The van der Waals surface area contributed by atoms with E-state index in [2.05, 4.69) is 6.92 Å². The minimum Gasteiger partial charge on any atom is -0.481 e. The van der Waals surface area contributed by atoms with Gasteiger partial charge in [0.25, 0.3) is 0 Å². The molecule has 3 heteroatoms. The molecule has 3 nitrogen and oxygen atoms in total. The smallest absolute Gasteiger partial charge is 0.310 e. The standard InChI is InChI=1S/C13H16O3/c1-2-10-3-5-11(6-4-10)7-8-12(14)9-13(15)16/h3-6H,2,7-9H2,1H3,(H,15,16). The molecule has 0 radical (unpaired) electrons. The molecule has 0 atom stereocenters. The van der Waals surface area contributed by atoms with E-state index in [-0.39, 0.29) is 12.2 Å². The van der Waals surface area contributed by atoms with Gasteiger partial charge in [-0.25, -0.2) is 0 Å². The molecule has 0 heterocycles. The Labute approximate surface area is 95.1 Å². The zero-order chi connectivity index (χ0) is 12.0. The van der Waals surface area contributed by atoms with E-state index >= 15 is 0 Å². The summed E-state index contributed by atoms with van der Waals surface area (Å²) in [4.78, 5) is 21.5. The number of ketones is 1. The minimum atomic E-state index is -1.05. The lowest BCUT2D eigenvalue weighted by Crippen LogP contribution is -2.07. The molecule has 0 aliphatic carbocycles. The van der Waals surface area contributed by atoms with Gasteiger partial charge in [0.1, 0.15) is 12.2 Å². The van der Waals surface area contributed by atoms with Gasteiger partial charge in [0.15, 0.2) is 0 Å². The van der Waals surface area contributed by atoms with Gasteiger partial charge in [0, 0.05) is 6.42 Å². The van der Waals surface area contributed by atoms with Crippen LogP contribution in [0.15, 0.2) is 24.3 Å². The predicted molar refractivity (Wildman–Crippen MR) is 61.4 cm³/mol. The van der Waals surface area contributed by atoms with Crippen LogP contribution in [0.4, 0.5) is 0 Å². The Morgan fingerprint density at radius 3 is 2.19 bits per heavy atom. The lowest BCUT2D eigenvalue weighted by molar-refractivity contribution is -0.140. The number of carbonyl (C=O) groups is 2. The highest BCUT2D eigenvalue weighted by molar-refractivity contribution is 5.94. The van der Waals surface area contributed by atoms with Gasteiger partial charge >= 0.3 is 5.97 Å². The molecule has 0 saturated carbocycles. The van der Waals surface area contributed by atoms with E-state index in [0.717, 1.165) is 12.0 Å². The number of Topliss-reactive ketones (excluding diaryl/α,β-unsaturated/α-hetero) is 1. The summed E-state index contributed by atoms with van der Waals surface area (Å²) in [6.45, 7) is 2.09. The van der Waals surface area contributed by atoms with E-state index in [0.29, 0.717) is 12.8 Å². The fourth-order valence-electron chi connectivity index (χ4n) is 1.48.